The van der Waals surface area contributed by atoms with Crippen LogP contribution < -0.4 is 11.1 Å². The number of carbonyl (C=O) groups is 1. The fourth-order valence-corrected chi connectivity index (χ4v) is 3.79. The topological polar surface area (TPSA) is 64.4 Å². The summed E-state index contributed by atoms with van der Waals surface area (Å²) >= 11 is 0. The number of hydrogen-bond donors (Lipinski definition) is 2. The Morgan fingerprint density at radius 3 is 2.88 bits per heavy atom. The standard InChI is InChI=1S/C19H28N2O2.ClH/c20-16-10-9-15(13-16)19(22)21-11-4-12-23-18-8-3-6-14-5-1-2-7-17(14)18;/h1-2,5,7,15-16,18H,3-4,6,8-13,20H2,(H,21,22);1H. The van der Waals surface area contributed by atoms with Crippen LogP contribution in [-0.2, 0) is 16.0 Å². The Labute approximate surface area is 150 Å². The van der Waals surface area contributed by atoms with Gasteiger partial charge in [-0.05, 0) is 56.1 Å². The van der Waals surface area contributed by atoms with Gasteiger partial charge in [0.15, 0.2) is 0 Å². The molecule has 2 aliphatic carbocycles. The zero-order chi connectivity index (χ0) is 16.1. The maximum atomic E-state index is 12.0. The van der Waals surface area contributed by atoms with Crippen molar-refractivity contribution < 1.29 is 9.53 Å². The van der Waals surface area contributed by atoms with Crippen molar-refractivity contribution in [2.75, 3.05) is 13.2 Å². The molecule has 3 N–H and O–H groups in total. The molecule has 1 fully saturated rings. The lowest BCUT2D eigenvalue weighted by Crippen LogP contribution is -2.31. The molecule has 1 saturated carbocycles. The Hall–Kier alpha value is -1.10. The largest absolute Gasteiger partial charge is 0.373 e. The van der Waals surface area contributed by atoms with E-state index in [1.54, 1.807) is 0 Å². The van der Waals surface area contributed by atoms with E-state index in [1.165, 1.54) is 17.5 Å². The zero-order valence-electron chi connectivity index (χ0n) is 14.2. The molecule has 1 amide bonds. The van der Waals surface area contributed by atoms with Crippen LogP contribution in [0.1, 0.15) is 55.8 Å². The number of hydrogen-bond acceptors (Lipinski definition) is 3. The molecule has 0 aliphatic heterocycles. The second-order valence-electron chi connectivity index (χ2n) is 6.87. The van der Waals surface area contributed by atoms with E-state index in [0.29, 0.717) is 13.2 Å². The number of aryl methyl sites for hydroxylation is 1. The predicted octanol–water partition coefficient (Wildman–Crippen LogP) is 3.14. The van der Waals surface area contributed by atoms with E-state index in [9.17, 15) is 4.79 Å². The van der Waals surface area contributed by atoms with Crippen LogP contribution in [0.25, 0.3) is 0 Å². The Balaban J connectivity index is 0.00000208. The Morgan fingerprint density at radius 1 is 1.25 bits per heavy atom. The Kier molecular flexibility index (Phi) is 7.53. The van der Waals surface area contributed by atoms with Crippen LogP contribution in [0, 0.1) is 5.92 Å². The number of rotatable bonds is 6. The molecular formula is C19H29ClN2O2. The quantitative estimate of drug-likeness (QED) is 0.773. The van der Waals surface area contributed by atoms with E-state index >= 15 is 0 Å². The van der Waals surface area contributed by atoms with Crippen molar-refractivity contribution in [2.45, 2.75) is 57.1 Å². The molecule has 3 atom stereocenters. The molecule has 4 nitrogen and oxygen atoms in total. The average Bonchev–Trinajstić information content (AvgIpc) is 3.01. The fourth-order valence-electron chi connectivity index (χ4n) is 3.79. The van der Waals surface area contributed by atoms with Gasteiger partial charge in [0.25, 0.3) is 0 Å². The van der Waals surface area contributed by atoms with Crippen molar-refractivity contribution in [1.82, 2.24) is 5.32 Å². The zero-order valence-corrected chi connectivity index (χ0v) is 15.0. The number of carbonyl (C=O) groups excluding carboxylic acids is 1. The highest BCUT2D eigenvalue weighted by molar-refractivity contribution is 5.85. The molecule has 0 spiro atoms. The van der Waals surface area contributed by atoms with Crippen LogP contribution >= 0.6 is 12.4 Å². The highest BCUT2D eigenvalue weighted by Crippen LogP contribution is 2.32. The molecule has 0 saturated heterocycles. The van der Waals surface area contributed by atoms with Gasteiger partial charge in [0.1, 0.15) is 0 Å². The maximum absolute atomic E-state index is 12.0. The Morgan fingerprint density at radius 2 is 2.08 bits per heavy atom. The van der Waals surface area contributed by atoms with Gasteiger partial charge in [0.05, 0.1) is 6.10 Å². The van der Waals surface area contributed by atoms with Gasteiger partial charge < -0.3 is 15.8 Å². The first-order valence-electron chi connectivity index (χ1n) is 8.96. The monoisotopic (exact) mass is 352 g/mol. The molecule has 0 aromatic heterocycles. The second kappa shape index (κ2) is 9.40. The smallest absolute Gasteiger partial charge is 0.223 e. The summed E-state index contributed by atoms with van der Waals surface area (Å²) in [5.74, 6) is 0.289. The first-order valence-corrected chi connectivity index (χ1v) is 8.96. The lowest BCUT2D eigenvalue weighted by Gasteiger charge is -2.25. The molecule has 5 heteroatoms. The molecule has 134 valence electrons. The molecule has 0 heterocycles. The van der Waals surface area contributed by atoms with Crippen molar-refractivity contribution >= 4 is 18.3 Å². The highest BCUT2D eigenvalue weighted by Gasteiger charge is 2.27. The minimum absolute atomic E-state index is 0. The van der Waals surface area contributed by atoms with Crippen molar-refractivity contribution in [1.29, 1.82) is 0 Å². The van der Waals surface area contributed by atoms with Gasteiger partial charge in [-0.25, -0.2) is 0 Å². The van der Waals surface area contributed by atoms with Gasteiger partial charge in [-0.15, -0.1) is 12.4 Å². The lowest BCUT2D eigenvalue weighted by atomic mass is 9.89. The van der Waals surface area contributed by atoms with Gasteiger partial charge in [0, 0.05) is 25.1 Å². The van der Waals surface area contributed by atoms with E-state index in [2.05, 4.69) is 29.6 Å². The number of benzene rings is 1. The summed E-state index contributed by atoms with van der Waals surface area (Å²) in [6.07, 6.45) is 7.29. The maximum Gasteiger partial charge on any atom is 0.223 e. The normalized spacial score (nSPS) is 25.6. The number of nitrogens with two attached hydrogens (primary N) is 1. The van der Waals surface area contributed by atoms with Crippen LogP contribution in [0.15, 0.2) is 24.3 Å². The van der Waals surface area contributed by atoms with Crippen LogP contribution in [0.2, 0.25) is 0 Å². The first-order chi connectivity index (χ1) is 11.2. The third kappa shape index (κ3) is 4.95. The third-order valence-electron chi connectivity index (χ3n) is 5.10. The van der Waals surface area contributed by atoms with E-state index in [-0.39, 0.29) is 36.4 Å². The SMILES string of the molecule is Cl.NC1CCC(C(=O)NCCCOC2CCCc3ccccc32)C1. The molecule has 3 rings (SSSR count). The number of ether oxygens (including phenoxy) is 1. The van der Waals surface area contributed by atoms with E-state index < -0.39 is 0 Å². The Bertz CT molecular complexity index is 538. The van der Waals surface area contributed by atoms with Gasteiger partial charge in [0.2, 0.25) is 5.91 Å². The molecule has 24 heavy (non-hydrogen) atoms. The lowest BCUT2D eigenvalue weighted by molar-refractivity contribution is -0.124. The molecule has 2 aliphatic rings. The van der Waals surface area contributed by atoms with Crippen molar-refractivity contribution in [2.24, 2.45) is 11.7 Å². The van der Waals surface area contributed by atoms with Crippen molar-refractivity contribution in [3.63, 3.8) is 0 Å². The molecule has 0 bridgehead atoms. The average molecular weight is 353 g/mol. The molecule has 0 radical (unpaired) electrons. The third-order valence-corrected chi connectivity index (χ3v) is 5.10. The summed E-state index contributed by atoms with van der Waals surface area (Å²) in [6, 6.07) is 8.79. The van der Waals surface area contributed by atoms with Crippen LogP contribution in [0.5, 0.6) is 0 Å². The fraction of sp³-hybridized carbons (Fsp3) is 0.632. The van der Waals surface area contributed by atoms with Crippen molar-refractivity contribution in [3.8, 4) is 0 Å². The van der Waals surface area contributed by atoms with Gasteiger partial charge in [-0.2, -0.15) is 0 Å². The number of nitrogens with one attached hydrogen (secondary N) is 1. The highest BCUT2D eigenvalue weighted by atomic mass is 35.5. The van der Waals surface area contributed by atoms with Crippen LogP contribution in [-0.4, -0.2) is 25.1 Å². The van der Waals surface area contributed by atoms with E-state index in [1.807, 2.05) is 0 Å². The van der Waals surface area contributed by atoms with Crippen LogP contribution in [0.3, 0.4) is 0 Å². The molecule has 1 aromatic carbocycles. The van der Waals surface area contributed by atoms with E-state index in [0.717, 1.165) is 38.5 Å². The summed E-state index contributed by atoms with van der Waals surface area (Å²) in [4.78, 5) is 12.0. The molecule has 1 aromatic rings. The minimum atomic E-state index is 0. The number of amides is 1. The predicted molar refractivity (Wildman–Crippen MR) is 98.3 cm³/mol. The second-order valence-corrected chi connectivity index (χ2v) is 6.87. The summed E-state index contributed by atoms with van der Waals surface area (Å²) in [5.41, 5.74) is 8.64. The molecule has 3 unspecified atom stereocenters. The summed E-state index contributed by atoms with van der Waals surface area (Å²) in [5, 5.41) is 3.03. The van der Waals surface area contributed by atoms with Crippen LogP contribution in [0.4, 0.5) is 0 Å². The van der Waals surface area contributed by atoms with Gasteiger partial charge in [-0.3, -0.25) is 4.79 Å². The summed E-state index contributed by atoms with van der Waals surface area (Å²) in [7, 11) is 0. The van der Waals surface area contributed by atoms with Crippen molar-refractivity contribution in [3.05, 3.63) is 35.4 Å². The first kappa shape index (κ1) is 19.2. The number of fused-ring (bicyclic) bond motifs is 1. The molecular weight excluding hydrogens is 324 g/mol. The van der Waals surface area contributed by atoms with Gasteiger partial charge in [-0.1, -0.05) is 24.3 Å². The number of halogens is 1. The minimum Gasteiger partial charge on any atom is -0.373 e. The van der Waals surface area contributed by atoms with Gasteiger partial charge >= 0.3 is 0 Å². The summed E-state index contributed by atoms with van der Waals surface area (Å²) < 4.78 is 6.06. The van der Waals surface area contributed by atoms with E-state index in [4.69, 9.17) is 10.5 Å². The summed E-state index contributed by atoms with van der Waals surface area (Å²) in [6.45, 7) is 1.39.